The van der Waals surface area contributed by atoms with E-state index in [1.807, 2.05) is 50.2 Å². The van der Waals surface area contributed by atoms with Crippen molar-refractivity contribution in [3.63, 3.8) is 0 Å². The summed E-state index contributed by atoms with van der Waals surface area (Å²) < 4.78 is 31.5. The van der Waals surface area contributed by atoms with Crippen molar-refractivity contribution in [2.45, 2.75) is 52.0 Å². The Bertz CT molecular complexity index is 1050. The molecule has 2 aromatic rings. The van der Waals surface area contributed by atoms with Gasteiger partial charge in [-0.2, -0.15) is 0 Å². The molecule has 0 spiro atoms. The van der Waals surface area contributed by atoms with Crippen molar-refractivity contribution in [2.24, 2.45) is 0 Å². The van der Waals surface area contributed by atoms with Gasteiger partial charge >= 0.3 is 0 Å². The van der Waals surface area contributed by atoms with Gasteiger partial charge in [0.2, 0.25) is 15.9 Å². The Morgan fingerprint density at radius 1 is 1.23 bits per heavy atom. The molecule has 0 radical (unpaired) electrons. The minimum absolute atomic E-state index is 0.00724. The molecule has 0 bridgehead atoms. The Morgan fingerprint density at radius 3 is 2.71 bits per heavy atom. The number of amides is 1. The first-order valence-electron chi connectivity index (χ1n) is 10.7. The molecule has 7 heteroatoms. The molecule has 1 N–H and O–H groups in total. The number of benzene rings is 2. The van der Waals surface area contributed by atoms with Crippen LogP contribution in [0.2, 0.25) is 0 Å². The Hall–Kier alpha value is -2.54. The van der Waals surface area contributed by atoms with Crippen LogP contribution >= 0.6 is 0 Å². The molecular formula is C24H32N2O4S. The van der Waals surface area contributed by atoms with Crippen molar-refractivity contribution in [1.29, 1.82) is 0 Å². The van der Waals surface area contributed by atoms with Gasteiger partial charge in [0.25, 0.3) is 0 Å². The van der Waals surface area contributed by atoms with Gasteiger partial charge in [-0.25, -0.2) is 8.42 Å². The van der Waals surface area contributed by atoms with E-state index in [1.54, 1.807) is 7.11 Å². The number of aryl methyl sites for hydroxylation is 2. The van der Waals surface area contributed by atoms with Gasteiger partial charge in [-0.3, -0.25) is 9.10 Å². The number of nitrogens with one attached hydrogen (secondary N) is 1. The van der Waals surface area contributed by atoms with Crippen molar-refractivity contribution in [1.82, 2.24) is 5.32 Å². The van der Waals surface area contributed by atoms with Gasteiger partial charge in [0.1, 0.15) is 5.75 Å². The molecule has 6 nitrogen and oxygen atoms in total. The topological polar surface area (TPSA) is 75.7 Å². The fourth-order valence-electron chi connectivity index (χ4n) is 4.19. The molecular weight excluding hydrogens is 412 g/mol. The van der Waals surface area contributed by atoms with E-state index < -0.39 is 10.0 Å². The van der Waals surface area contributed by atoms with E-state index in [4.69, 9.17) is 4.74 Å². The van der Waals surface area contributed by atoms with Crippen LogP contribution in [0, 0.1) is 13.8 Å². The van der Waals surface area contributed by atoms with Gasteiger partial charge in [-0.15, -0.1) is 0 Å². The third kappa shape index (κ3) is 5.58. The maximum absolute atomic E-state index is 12.6. The molecule has 0 aromatic heterocycles. The summed E-state index contributed by atoms with van der Waals surface area (Å²) in [5.41, 5.74) is 5.02. The summed E-state index contributed by atoms with van der Waals surface area (Å²) in [5, 5.41) is 3.14. The Kier molecular flexibility index (Phi) is 7.26. The highest BCUT2D eigenvalue weighted by Crippen LogP contribution is 2.32. The number of sulfonamides is 1. The molecule has 1 aliphatic carbocycles. The van der Waals surface area contributed by atoms with Crippen LogP contribution in [-0.2, 0) is 21.2 Å². The molecule has 0 heterocycles. The molecule has 0 fully saturated rings. The third-order valence-corrected chi connectivity index (χ3v) is 7.19. The standard InChI is InChI=1S/C24H32N2O4S/c1-17-8-5-11-23(18(17)2)26(31(4,28)29)15-7-12-24(27)25-22-10-6-9-19-16-20(30-3)13-14-21(19)22/h5,8,11,13-14,16,22H,6-7,9-10,12,15H2,1-4H3,(H,25,27)/t22-/m1/s1. The van der Waals surface area contributed by atoms with Crippen molar-refractivity contribution in [2.75, 3.05) is 24.2 Å². The number of carbonyl (C=O) groups excluding carboxylic acids is 1. The average Bonchev–Trinajstić information content (AvgIpc) is 2.72. The van der Waals surface area contributed by atoms with E-state index in [-0.39, 0.29) is 24.9 Å². The van der Waals surface area contributed by atoms with Crippen molar-refractivity contribution >= 4 is 21.6 Å². The number of methoxy groups -OCH3 is 1. The number of anilines is 1. The van der Waals surface area contributed by atoms with Crippen LogP contribution in [0.4, 0.5) is 5.69 Å². The average molecular weight is 445 g/mol. The fourth-order valence-corrected chi connectivity index (χ4v) is 5.20. The molecule has 0 unspecified atom stereocenters. The van der Waals surface area contributed by atoms with E-state index in [9.17, 15) is 13.2 Å². The number of fused-ring (bicyclic) bond motifs is 1. The third-order valence-electron chi connectivity index (χ3n) is 6.01. The maximum atomic E-state index is 12.6. The molecule has 3 rings (SSSR count). The number of rotatable bonds is 8. The minimum atomic E-state index is -3.44. The first-order chi connectivity index (χ1) is 14.7. The Balaban J connectivity index is 1.63. The van der Waals surface area contributed by atoms with E-state index in [0.29, 0.717) is 12.1 Å². The van der Waals surface area contributed by atoms with Gasteiger partial charge in [-0.1, -0.05) is 18.2 Å². The SMILES string of the molecule is COc1ccc2c(c1)CCC[C@H]2NC(=O)CCCN(c1cccc(C)c1C)S(C)(=O)=O. The molecule has 1 aliphatic rings. The second-order valence-corrected chi connectivity index (χ2v) is 10.1. The molecule has 168 valence electrons. The molecule has 1 atom stereocenters. The summed E-state index contributed by atoms with van der Waals surface area (Å²) >= 11 is 0. The number of hydrogen-bond donors (Lipinski definition) is 1. The minimum Gasteiger partial charge on any atom is -0.497 e. The lowest BCUT2D eigenvalue weighted by molar-refractivity contribution is -0.122. The van der Waals surface area contributed by atoms with E-state index in [2.05, 4.69) is 5.32 Å². The van der Waals surface area contributed by atoms with Crippen molar-refractivity contribution in [3.8, 4) is 5.75 Å². The summed E-state index contributed by atoms with van der Waals surface area (Å²) in [6, 6.07) is 11.6. The number of hydrogen-bond acceptors (Lipinski definition) is 4. The highest BCUT2D eigenvalue weighted by molar-refractivity contribution is 7.92. The van der Waals surface area contributed by atoms with Gasteiger partial charge in [0.15, 0.2) is 0 Å². The van der Waals surface area contributed by atoms with Crippen molar-refractivity contribution in [3.05, 3.63) is 58.7 Å². The molecule has 0 saturated heterocycles. The quantitative estimate of drug-likeness (QED) is 0.666. The van der Waals surface area contributed by atoms with Crippen LogP contribution in [0.5, 0.6) is 5.75 Å². The number of carbonyl (C=O) groups is 1. The second-order valence-electron chi connectivity index (χ2n) is 8.23. The van der Waals surface area contributed by atoms with Crippen LogP contribution in [0.1, 0.15) is 54.0 Å². The zero-order valence-corrected chi connectivity index (χ0v) is 19.6. The monoisotopic (exact) mass is 444 g/mol. The van der Waals surface area contributed by atoms with E-state index >= 15 is 0 Å². The lowest BCUT2D eigenvalue weighted by atomic mass is 9.87. The normalized spacial score (nSPS) is 15.8. The van der Waals surface area contributed by atoms with Crippen LogP contribution in [0.25, 0.3) is 0 Å². The molecule has 31 heavy (non-hydrogen) atoms. The smallest absolute Gasteiger partial charge is 0.232 e. The molecule has 0 saturated carbocycles. The first kappa shape index (κ1) is 23.1. The predicted octanol–water partition coefficient (Wildman–Crippen LogP) is 4.05. The van der Waals surface area contributed by atoms with Gasteiger partial charge in [0.05, 0.1) is 25.1 Å². The number of ether oxygens (including phenoxy) is 1. The Morgan fingerprint density at radius 2 is 2.00 bits per heavy atom. The van der Waals surface area contributed by atoms with E-state index in [0.717, 1.165) is 41.7 Å². The molecule has 2 aromatic carbocycles. The maximum Gasteiger partial charge on any atom is 0.232 e. The van der Waals surface area contributed by atoms with Gasteiger partial charge in [0, 0.05) is 13.0 Å². The van der Waals surface area contributed by atoms with Crippen LogP contribution in [0.15, 0.2) is 36.4 Å². The van der Waals surface area contributed by atoms with Crippen LogP contribution in [0.3, 0.4) is 0 Å². The van der Waals surface area contributed by atoms with Crippen molar-refractivity contribution < 1.29 is 17.9 Å². The highest BCUT2D eigenvalue weighted by Gasteiger charge is 2.23. The summed E-state index contributed by atoms with van der Waals surface area (Å²) in [4.78, 5) is 12.6. The zero-order chi connectivity index (χ0) is 22.6. The number of nitrogens with zero attached hydrogens (tertiary/aromatic N) is 1. The lowest BCUT2D eigenvalue weighted by Gasteiger charge is -2.27. The highest BCUT2D eigenvalue weighted by atomic mass is 32.2. The molecule has 0 aliphatic heterocycles. The fraction of sp³-hybridized carbons (Fsp3) is 0.458. The predicted molar refractivity (Wildman–Crippen MR) is 124 cm³/mol. The summed E-state index contributed by atoms with van der Waals surface area (Å²) in [6.45, 7) is 4.16. The van der Waals surface area contributed by atoms with Crippen LogP contribution < -0.4 is 14.4 Å². The largest absolute Gasteiger partial charge is 0.497 e. The zero-order valence-electron chi connectivity index (χ0n) is 18.8. The van der Waals surface area contributed by atoms with E-state index in [1.165, 1.54) is 16.1 Å². The summed E-state index contributed by atoms with van der Waals surface area (Å²) in [6.07, 6.45) is 4.84. The summed E-state index contributed by atoms with van der Waals surface area (Å²) in [7, 11) is -1.78. The van der Waals surface area contributed by atoms with Gasteiger partial charge < -0.3 is 10.1 Å². The first-order valence-corrected chi connectivity index (χ1v) is 12.6. The van der Waals surface area contributed by atoms with Crippen LogP contribution in [-0.4, -0.2) is 34.2 Å². The van der Waals surface area contributed by atoms with Gasteiger partial charge in [-0.05, 0) is 80.0 Å². The molecule has 1 amide bonds. The second kappa shape index (κ2) is 9.73. The lowest BCUT2D eigenvalue weighted by Crippen LogP contribution is -2.34. The summed E-state index contributed by atoms with van der Waals surface area (Å²) in [5.74, 6) is 0.779. The Labute approximate surface area is 185 Å².